The highest BCUT2D eigenvalue weighted by Crippen LogP contribution is 2.33. The molecule has 0 saturated heterocycles. The van der Waals surface area contributed by atoms with Crippen LogP contribution in [0.25, 0.3) is 0 Å². The Bertz CT molecular complexity index is 517. The fourth-order valence-corrected chi connectivity index (χ4v) is 2.41. The fourth-order valence-electron chi connectivity index (χ4n) is 2.41. The summed E-state index contributed by atoms with van der Waals surface area (Å²) in [5, 5.41) is 18.8. The van der Waals surface area contributed by atoms with Crippen molar-refractivity contribution in [3.05, 3.63) is 35.4 Å². The lowest BCUT2D eigenvalue weighted by molar-refractivity contribution is -0.123. The molecule has 106 valence electrons. The van der Waals surface area contributed by atoms with E-state index < -0.39 is 18.1 Å². The van der Waals surface area contributed by atoms with E-state index in [2.05, 4.69) is 0 Å². The van der Waals surface area contributed by atoms with E-state index in [1.165, 1.54) is 0 Å². The monoisotopic (exact) mass is 273 g/mol. The Hall–Kier alpha value is -1.90. The molecule has 1 aliphatic carbocycles. The summed E-state index contributed by atoms with van der Waals surface area (Å²) >= 11 is 0. The molecule has 1 saturated carbocycles. The van der Waals surface area contributed by atoms with Crippen LogP contribution >= 0.6 is 0 Å². The van der Waals surface area contributed by atoms with Gasteiger partial charge in [0.05, 0.1) is 17.7 Å². The Balaban J connectivity index is 2.12. The lowest BCUT2D eigenvalue weighted by Gasteiger charge is -2.28. The quantitative estimate of drug-likeness (QED) is 0.801. The predicted octanol–water partition coefficient (Wildman–Crippen LogP) is 0.787. The van der Waals surface area contributed by atoms with Crippen LogP contribution in [0.2, 0.25) is 0 Å². The third-order valence-corrected chi connectivity index (χ3v) is 3.71. The van der Waals surface area contributed by atoms with Crippen LogP contribution in [0.4, 0.5) is 0 Å². The zero-order valence-corrected chi connectivity index (χ0v) is 11.5. The van der Waals surface area contributed by atoms with Crippen molar-refractivity contribution in [2.75, 3.05) is 13.6 Å². The van der Waals surface area contributed by atoms with Crippen LogP contribution < -0.4 is 5.73 Å². The highest BCUT2D eigenvalue weighted by molar-refractivity contribution is 5.81. The number of rotatable bonds is 6. The van der Waals surface area contributed by atoms with Crippen molar-refractivity contribution in [2.45, 2.75) is 25.0 Å². The summed E-state index contributed by atoms with van der Waals surface area (Å²) in [4.78, 5) is 13.5. The van der Waals surface area contributed by atoms with E-state index in [1.807, 2.05) is 6.07 Å². The summed E-state index contributed by atoms with van der Waals surface area (Å²) in [6.45, 7) is 0.415. The molecule has 2 atom stereocenters. The zero-order chi connectivity index (χ0) is 14.7. The van der Waals surface area contributed by atoms with E-state index in [0.29, 0.717) is 18.0 Å². The summed E-state index contributed by atoms with van der Waals surface area (Å²) < 4.78 is 0. The number of hydrogen-bond acceptors (Lipinski definition) is 4. The molecule has 1 fully saturated rings. The Morgan fingerprint density at radius 2 is 2.10 bits per heavy atom. The van der Waals surface area contributed by atoms with Gasteiger partial charge >= 0.3 is 0 Å². The molecule has 0 heterocycles. The van der Waals surface area contributed by atoms with Crippen LogP contribution in [0.3, 0.4) is 0 Å². The molecule has 1 amide bonds. The molecule has 0 radical (unpaired) electrons. The Morgan fingerprint density at radius 1 is 1.50 bits per heavy atom. The van der Waals surface area contributed by atoms with E-state index in [1.54, 1.807) is 36.2 Å². The molecule has 5 nitrogen and oxygen atoms in total. The van der Waals surface area contributed by atoms with Crippen LogP contribution in [-0.4, -0.2) is 35.6 Å². The molecule has 1 aliphatic rings. The summed E-state index contributed by atoms with van der Waals surface area (Å²) in [5.41, 5.74) is 6.76. The number of nitriles is 1. The maximum atomic E-state index is 11.7. The van der Waals surface area contributed by atoms with Gasteiger partial charge in [-0.3, -0.25) is 9.69 Å². The third-order valence-electron chi connectivity index (χ3n) is 3.71. The van der Waals surface area contributed by atoms with Crippen molar-refractivity contribution in [3.63, 3.8) is 0 Å². The second kappa shape index (κ2) is 6.04. The number of aliphatic hydroxyl groups is 1. The number of hydrogen-bond donors (Lipinski definition) is 2. The smallest absolute Gasteiger partial charge is 0.239 e. The number of carbonyl (C=O) groups is 1. The van der Waals surface area contributed by atoms with E-state index in [4.69, 9.17) is 11.0 Å². The lowest BCUT2D eigenvalue weighted by Crippen LogP contribution is -2.40. The molecule has 0 bridgehead atoms. The molecular weight excluding hydrogens is 254 g/mol. The molecule has 3 N–H and O–H groups in total. The minimum atomic E-state index is -0.587. The van der Waals surface area contributed by atoms with Gasteiger partial charge in [0, 0.05) is 6.54 Å². The summed E-state index contributed by atoms with van der Waals surface area (Å²) in [6, 6.07) is 8.24. The van der Waals surface area contributed by atoms with E-state index in [-0.39, 0.29) is 0 Å². The van der Waals surface area contributed by atoms with Crippen LogP contribution in [0, 0.1) is 17.2 Å². The first-order chi connectivity index (χ1) is 9.52. The van der Waals surface area contributed by atoms with Crippen LogP contribution in [-0.2, 0) is 4.79 Å². The van der Waals surface area contributed by atoms with Gasteiger partial charge in [0.25, 0.3) is 0 Å². The van der Waals surface area contributed by atoms with E-state index >= 15 is 0 Å². The number of nitrogens with two attached hydrogens (primary N) is 1. The van der Waals surface area contributed by atoms with Crippen molar-refractivity contribution in [2.24, 2.45) is 11.7 Å². The van der Waals surface area contributed by atoms with Crippen LogP contribution in [0.1, 0.15) is 30.0 Å². The molecule has 2 rings (SSSR count). The number of primary amides is 1. The first-order valence-electron chi connectivity index (χ1n) is 6.70. The van der Waals surface area contributed by atoms with Crippen LogP contribution in [0.15, 0.2) is 24.3 Å². The van der Waals surface area contributed by atoms with Gasteiger partial charge in [-0.1, -0.05) is 12.1 Å². The van der Waals surface area contributed by atoms with Gasteiger partial charge in [-0.25, -0.2) is 0 Å². The predicted molar refractivity (Wildman–Crippen MR) is 74.5 cm³/mol. The van der Waals surface area contributed by atoms with Crippen molar-refractivity contribution in [3.8, 4) is 6.07 Å². The molecule has 1 aromatic carbocycles. The van der Waals surface area contributed by atoms with E-state index in [9.17, 15) is 9.90 Å². The molecule has 0 aromatic heterocycles. The number of benzene rings is 1. The molecule has 2 unspecified atom stereocenters. The lowest BCUT2D eigenvalue weighted by atomic mass is 10.0. The summed E-state index contributed by atoms with van der Waals surface area (Å²) in [6.07, 6.45) is 1.68. The molecule has 1 aromatic rings. The highest BCUT2D eigenvalue weighted by Gasteiger charge is 2.33. The van der Waals surface area contributed by atoms with Crippen molar-refractivity contribution in [1.29, 1.82) is 5.26 Å². The highest BCUT2D eigenvalue weighted by atomic mass is 16.3. The maximum absolute atomic E-state index is 11.7. The van der Waals surface area contributed by atoms with Gasteiger partial charge in [-0.15, -0.1) is 0 Å². The first kappa shape index (κ1) is 14.5. The molecular formula is C15H19N3O2. The van der Waals surface area contributed by atoms with Crippen LogP contribution in [0.5, 0.6) is 0 Å². The van der Waals surface area contributed by atoms with Crippen molar-refractivity contribution < 1.29 is 9.90 Å². The number of carbonyl (C=O) groups excluding carboxylic acids is 1. The number of aliphatic hydroxyl groups excluding tert-OH is 1. The van der Waals surface area contributed by atoms with Gasteiger partial charge < -0.3 is 10.8 Å². The molecule has 5 heteroatoms. The average molecular weight is 273 g/mol. The normalized spacial score (nSPS) is 17.5. The summed E-state index contributed by atoms with van der Waals surface area (Å²) in [7, 11) is 1.78. The standard InChI is InChI=1S/C15H19N3O2/c1-18(9-13(19)11-6-7-11)14(15(17)20)12-4-2-10(8-16)3-5-12/h2-5,11,13-14,19H,6-7,9H2,1H3,(H2,17,20). The van der Waals surface area contributed by atoms with Gasteiger partial charge in [0.1, 0.15) is 6.04 Å². The molecule has 0 aliphatic heterocycles. The minimum absolute atomic E-state index is 0.354. The Morgan fingerprint density at radius 3 is 2.55 bits per heavy atom. The van der Waals surface area contributed by atoms with Gasteiger partial charge in [-0.2, -0.15) is 5.26 Å². The summed E-state index contributed by atoms with van der Waals surface area (Å²) in [5.74, 6) is -0.104. The Kier molecular flexibility index (Phi) is 4.38. The van der Waals surface area contributed by atoms with Gasteiger partial charge in [0.2, 0.25) is 5.91 Å². The largest absolute Gasteiger partial charge is 0.392 e. The zero-order valence-electron chi connectivity index (χ0n) is 11.5. The second-order valence-electron chi connectivity index (χ2n) is 5.38. The van der Waals surface area contributed by atoms with E-state index in [0.717, 1.165) is 18.4 Å². The number of amides is 1. The maximum Gasteiger partial charge on any atom is 0.239 e. The SMILES string of the molecule is CN(CC(O)C1CC1)C(C(N)=O)c1ccc(C#N)cc1. The average Bonchev–Trinajstić information content (AvgIpc) is 3.23. The first-order valence-corrected chi connectivity index (χ1v) is 6.70. The van der Waals surface area contributed by atoms with Gasteiger partial charge in [0.15, 0.2) is 0 Å². The number of nitrogens with zero attached hydrogens (tertiary/aromatic N) is 2. The third kappa shape index (κ3) is 3.35. The van der Waals surface area contributed by atoms with Crippen molar-refractivity contribution >= 4 is 5.91 Å². The van der Waals surface area contributed by atoms with Crippen molar-refractivity contribution in [1.82, 2.24) is 4.90 Å². The number of likely N-dealkylation sites (N-methyl/N-ethyl adjacent to an activating group) is 1. The topological polar surface area (TPSA) is 90.3 Å². The van der Waals surface area contributed by atoms with Gasteiger partial charge in [-0.05, 0) is 43.5 Å². The molecule has 0 spiro atoms. The minimum Gasteiger partial charge on any atom is -0.392 e. The molecule has 20 heavy (non-hydrogen) atoms. The second-order valence-corrected chi connectivity index (χ2v) is 5.38. The Labute approximate surface area is 118 Å². The fraction of sp³-hybridized carbons (Fsp3) is 0.467.